The van der Waals surface area contributed by atoms with Crippen LogP contribution < -0.4 is 10.1 Å². The van der Waals surface area contributed by atoms with Crippen molar-refractivity contribution >= 4 is 11.9 Å². The fraction of sp³-hybridized carbons (Fsp3) is 0.467. The molecule has 2 rings (SSSR count). The number of carbonyl (C=O) groups excluding carboxylic acids is 2. The molecule has 1 aliphatic heterocycles. The summed E-state index contributed by atoms with van der Waals surface area (Å²) in [5, 5.41) is 3.16. The molecule has 0 bridgehead atoms. The molecule has 0 radical (unpaired) electrons. The number of nitrogens with zero attached hydrogens (tertiary/aromatic N) is 2. The Morgan fingerprint density at radius 3 is 2.62 bits per heavy atom. The van der Waals surface area contributed by atoms with Crippen LogP contribution >= 0.6 is 0 Å². The number of ether oxygens (including phenoxy) is 1. The van der Waals surface area contributed by atoms with E-state index in [1.54, 1.807) is 7.05 Å². The van der Waals surface area contributed by atoms with Crippen LogP contribution in [0.2, 0.25) is 0 Å². The number of para-hydroxylation sites is 1. The van der Waals surface area contributed by atoms with Crippen molar-refractivity contribution in [2.45, 2.75) is 13.0 Å². The van der Waals surface area contributed by atoms with Crippen molar-refractivity contribution < 1.29 is 14.3 Å². The van der Waals surface area contributed by atoms with Gasteiger partial charge < -0.3 is 15.0 Å². The zero-order valence-electron chi connectivity index (χ0n) is 12.6. The minimum absolute atomic E-state index is 0.141. The summed E-state index contributed by atoms with van der Waals surface area (Å²) in [7, 11) is 3.44. The lowest BCUT2D eigenvalue weighted by atomic mass is 10.1. The van der Waals surface area contributed by atoms with Crippen LogP contribution in [0.15, 0.2) is 24.3 Å². The molecule has 1 fully saturated rings. The van der Waals surface area contributed by atoms with Crippen molar-refractivity contribution in [1.82, 2.24) is 15.1 Å². The second kappa shape index (κ2) is 6.58. The molecule has 114 valence electrons. The van der Waals surface area contributed by atoms with E-state index < -0.39 is 0 Å². The summed E-state index contributed by atoms with van der Waals surface area (Å²) in [6, 6.07) is 7.24. The van der Waals surface area contributed by atoms with Crippen LogP contribution in [-0.2, 0) is 4.79 Å². The summed E-state index contributed by atoms with van der Waals surface area (Å²) in [6.07, 6.45) is 0. The molecule has 0 aromatic heterocycles. The Morgan fingerprint density at radius 1 is 1.33 bits per heavy atom. The smallest absolute Gasteiger partial charge is 0.327 e. The highest BCUT2D eigenvalue weighted by Gasteiger charge is 2.35. The first-order chi connectivity index (χ1) is 10.1. The van der Waals surface area contributed by atoms with Gasteiger partial charge in [0.05, 0.1) is 19.2 Å². The van der Waals surface area contributed by atoms with Crippen LogP contribution in [0.25, 0.3) is 0 Å². The van der Waals surface area contributed by atoms with E-state index in [2.05, 4.69) is 5.32 Å². The first kappa shape index (κ1) is 15.3. The van der Waals surface area contributed by atoms with Crippen molar-refractivity contribution in [2.24, 2.45) is 0 Å². The molecule has 3 amide bonds. The van der Waals surface area contributed by atoms with Gasteiger partial charge >= 0.3 is 6.03 Å². The summed E-state index contributed by atoms with van der Waals surface area (Å²) < 4.78 is 5.62. The molecule has 1 atom stereocenters. The van der Waals surface area contributed by atoms with Gasteiger partial charge in [0.15, 0.2) is 0 Å². The van der Waals surface area contributed by atoms with Gasteiger partial charge in [-0.25, -0.2) is 4.79 Å². The summed E-state index contributed by atoms with van der Waals surface area (Å²) in [5.41, 5.74) is 0.942. The maximum absolute atomic E-state index is 12.0. The molecule has 1 aliphatic rings. The maximum atomic E-state index is 12.0. The summed E-state index contributed by atoms with van der Waals surface area (Å²) in [4.78, 5) is 26.6. The van der Waals surface area contributed by atoms with Crippen LogP contribution in [0.5, 0.6) is 5.75 Å². The second-order valence-electron chi connectivity index (χ2n) is 4.96. The van der Waals surface area contributed by atoms with Gasteiger partial charge in [-0.15, -0.1) is 0 Å². The van der Waals surface area contributed by atoms with E-state index in [9.17, 15) is 9.59 Å². The van der Waals surface area contributed by atoms with E-state index in [0.717, 1.165) is 11.3 Å². The summed E-state index contributed by atoms with van der Waals surface area (Å²) >= 11 is 0. The average Bonchev–Trinajstić information content (AvgIpc) is 2.71. The molecule has 1 N–H and O–H groups in total. The third-order valence-corrected chi connectivity index (χ3v) is 3.54. The van der Waals surface area contributed by atoms with E-state index in [1.165, 1.54) is 9.80 Å². The normalized spacial score (nSPS) is 16.5. The van der Waals surface area contributed by atoms with E-state index in [-0.39, 0.29) is 24.5 Å². The highest BCUT2D eigenvalue weighted by molar-refractivity contribution is 6.01. The van der Waals surface area contributed by atoms with Crippen LogP contribution in [0, 0.1) is 0 Å². The third kappa shape index (κ3) is 3.16. The second-order valence-corrected chi connectivity index (χ2v) is 4.96. The predicted octanol–water partition coefficient (Wildman–Crippen LogP) is 1.24. The number of nitrogens with one attached hydrogen (secondary N) is 1. The number of carbonyl (C=O) groups is 2. The number of hydrogen-bond acceptors (Lipinski definition) is 4. The first-order valence-electron chi connectivity index (χ1n) is 7.03. The highest BCUT2D eigenvalue weighted by atomic mass is 16.5. The van der Waals surface area contributed by atoms with E-state index in [1.807, 2.05) is 38.2 Å². The van der Waals surface area contributed by atoms with E-state index >= 15 is 0 Å². The number of likely N-dealkylation sites (N-methyl/N-ethyl adjacent to an activating group) is 2. The zero-order valence-corrected chi connectivity index (χ0v) is 12.6. The molecule has 1 heterocycles. The molecule has 1 unspecified atom stereocenters. The fourth-order valence-electron chi connectivity index (χ4n) is 2.43. The average molecular weight is 291 g/mol. The van der Waals surface area contributed by atoms with Crippen LogP contribution in [0.1, 0.15) is 18.5 Å². The number of urea groups is 1. The Bertz CT molecular complexity index is 533. The van der Waals surface area contributed by atoms with Gasteiger partial charge in [0.2, 0.25) is 5.91 Å². The van der Waals surface area contributed by atoms with Crippen LogP contribution in [-0.4, -0.2) is 55.5 Å². The molecule has 1 saturated heterocycles. The Kier molecular flexibility index (Phi) is 4.80. The third-order valence-electron chi connectivity index (χ3n) is 3.54. The topological polar surface area (TPSA) is 61.9 Å². The van der Waals surface area contributed by atoms with E-state index in [0.29, 0.717) is 13.2 Å². The summed E-state index contributed by atoms with van der Waals surface area (Å²) in [6.45, 7) is 2.93. The minimum Gasteiger partial charge on any atom is -0.494 e. The monoisotopic (exact) mass is 291 g/mol. The number of imide groups is 1. The standard InChI is InChI=1S/C15H21N3O3/c1-4-21-13-8-6-5-7-11(13)12(16-2)9-18-14(19)10-17(3)15(18)20/h5-8,12,16H,4,9-10H2,1-3H3. The van der Waals surface area contributed by atoms with Crippen molar-refractivity contribution in [1.29, 1.82) is 0 Å². The van der Waals surface area contributed by atoms with Gasteiger partial charge in [0.25, 0.3) is 0 Å². The van der Waals surface area contributed by atoms with Crippen molar-refractivity contribution in [3.05, 3.63) is 29.8 Å². The molecule has 6 nitrogen and oxygen atoms in total. The van der Waals surface area contributed by atoms with Crippen molar-refractivity contribution in [2.75, 3.05) is 33.8 Å². The van der Waals surface area contributed by atoms with E-state index in [4.69, 9.17) is 4.74 Å². The highest BCUT2D eigenvalue weighted by Crippen LogP contribution is 2.26. The minimum atomic E-state index is -0.255. The van der Waals surface area contributed by atoms with Crippen LogP contribution in [0.4, 0.5) is 4.79 Å². The molecule has 6 heteroatoms. The number of amides is 3. The fourth-order valence-corrected chi connectivity index (χ4v) is 2.43. The summed E-state index contributed by atoms with van der Waals surface area (Å²) in [5.74, 6) is 0.600. The molecular formula is C15H21N3O3. The van der Waals surface area contributed by atoms with Crippen molar-refractivity contribution in [3.63, 3.8) is 0 Å². The Morgan fingerprint density at radius 2 is 2.05 bits per heavy atom. The lowest BCUT2D eigenvalue weighted by molar-refractivity contribution is -0.125. The lowest BCUT2D eigenvalue weighted by Gasteiger charge is -2.24. The van der Waals surface area contributed by atoms with Crippen LogP contribution in [0.3, 0.4) is 0 Å². The Hall–Kier alpha value is -2.08. The number of rotatable bonds is 6. The van der Waals surface area contributed by atoms with Gasteiger partial charge in [0, 0.05) is 12.6 Å². The molecule has 1 aromatic rings. The van der Waals surface area contributed by atoms with Gasteiger partial charge in [-0.3, -0.25) is 9.69 Å². The van der Waals surface area contributed by atoms with Gasteiger partial charge in [-0.05, 0) is 20.0 Å². The molecular weight excluding hydrogens is 270 g/mol. The van der Waals surface area contributed by atoms with Gasteiger partial charge in [0.1, 0.15) is 12.3 Å². The SMILES string of the molecule is CCOc1ccccc1C(CN1C(=O)CN(C)C1=O)NC. The largest absolute Gasteiger partial charge is 0.494 e. The maximum Gasteiger partial charge on any atom is 0.327 e. The van der Waals surface area contributed by atoms with Gasteiger partial charge in [-0.2, -0.15) is 0 Å². The predicted molar refractivity (Wildman–Crippen MR) is 79.2 cm³/mol. The first-order valence-corrected chi connectivity index (χ1v) is 7.03. The molecule has 21 heavy (non-hydrogen) atoms. The van der Waals surface area contributed by atoms with Crippen molar-refractivity contribution in [3.8, 4) is 5.75 Å². The molecule has 0 spiro atoms. The quantitative estimate of drug-likeness (QED) is 0.801. The molecule has 0 saturated carbocycles. The Labute approximate surface area is 124 Å². The van der Waals surface area contributed by atoms with Gasteiger partial charge in [-0.1, -0.05) is 18.2 Å². The Balaban J connectivity index is 2.21. The number of benzene rings is 1. The molecule has 1 aromatic carbocycles. The zero-order chi connectivity index (χ0) is 15.4. The number of hydrogen-bond donors (Lipinski definition) is 1. The lowest BCUT2D eigenvalue weighted by Crippen LogP contribution is -2.38. The molecule has 0 aliphatic carbocycles.